The van der Waals surface area contributed by atoms with Crippen LogP contribution in [0.4, 0.5) is 5.69 Å². The molecule has 0 bridgehead atoms. The number of hydrogen-bond donors (Lipinski definition) is 1. The Bertz CT molecular complexity index is 1010. The van der Waals surface area contributed by atoms with Crippen molar-refractivity contribution in [3.8, 4) is 0 Å². The molecule has 1 heterocycles. The highest BCUT2D eigenvalue weighted by molar-refractivity contribution is 6.02. The van der Waals surface area contributed by atoms with E-state index in [-0.39, 0.29) is 29.7 Å². The summed E-state index contributed by atoms with van der Waals surface area (Å²) in [5.41, 5.74) is 4.10. The first kappa shape index (κ1) is 18.1. The van der Waals surface area contributed by atoms with Gasteiger partial charge in [-0.2, -0.15) is 0 Å². The number of allylic oxidation sites excluding steroid dienone is 2. The Morgan fingerprint density at radius 2 is 1.75 bits per heavy atom. The summed E-state index contributed by atoms with van der Waals surface area (Å²) in [6, 6.07) is 14.3. The van der Waals surface area contributed by atoms with Gasteiger partial charge in [0.25, 0.3) is 5.69 Å². The third-order valence-electron chi connectivity index (χ3n) is 5.57. The first-order valence-corrected chi connectivity index (χ1v) is 9.29. The lowest BCUT2D eigenvalue weighted by Crippen LogP contribution is -2.38. The monoisotopic (exact) mass is 376 g/mol. The number of ketones is 1. The van der Waals surface area contributed by atoms with Gasteiger partial charge in [0.1, 0.15) is 0 Å². The van der Waals surface area contributed by atoms with Crippen molar-refractivity contribution in [2.45, 2.75) is 38.0 Å². The van der Waals surface area contributed by atoms with Gasteiger partial charge in [-0.15, -0.1) is 0 Å². The molecule has 28 heavy (non-hydrogen) atoms. The van der Waals surface area contributed by atoms with E-state index in [1.165, 1.54) is 12.1 Å². The number of nitrogens with zero attached hydrogens (tertiary/aromatic N) is 1. The van der Waals surface area contributed by atoms with Crippen LogP contribution < -0.4 is 5.32 Å². The molecule has 6 nitrogen and oxygen atoms in total. The SMILES string of the molecule is Cc1ccc(C2CC(=O)C3=C(C2)NC(=O)CC3c2cccc([N+](=O)[O-])c2)cc1. The van der Waals surface area contributed by atoms with Crippen molar-refractivity contribution in [1.82, 2.24) is 5.32 Å². The number of aryl methyl sites for hydroxylation is 1. The Labute approximate surface area is 162 Å². The van der Waals surface area contributed by atoms with Gasteiger partial charge in [-0.05, 0) is 30.4 Å². The molecular weight excluding hydrogens is 356 g/mol. The number of nitrogens with one attached hydrogen (secondary N) is 1. The normalized spacial score (nSPS) is 21.9. The van der Waals surface area contributed by atoms with Crippen LogP contribution in [-0.2, 0) is 9.59 Å². The van der Waals surface area contributed by atoms with Gasteiger partial charge in [-0.1, -0.05) is 42.0 Å². The van der Waals surface area contributed by atoms with Gasteiger partial charge >= 0.3 is 0 Å². The minimum absolute atomic E-state index is 0.00308. The first-order chi connectivity index (χ1) is 13.4. The number of amides is 1. The Kier molecular flexibility index (Phi) is 4.55. The second kappa shape index (κ2) is 7.03. The van der Waals surface area contributed by atoms with Crippen LogP contribution in [0.2, 0.25) is 0 Å². The van der Waals surface area contributed by atoms with Crippen LogP contribution in [-0.4, -0.2) is 16.6 Å². The number of hydrogen-bond acceptors (Lipinski definition) is 4. The van der Waals surface area contributed by atoms with Crippen LogP contribution in [0.5, 0.6) is 0 Å². The molecule has 1 aliphatic heterocycles. The molecule has 2 aromatic rings. The molecule has 2 aliphatic rings. The standard InChI is InChI=1S/C22H20N2O4/c1-13-5-7-14(8-6-13)16-10-19-22(20(25)11-16)18(12-21(26)23-19)15-3-2-4-17(9-15)24(27)28/h2-9,16,18H,10-12H2,1H3,(H,23,26). The molecular formula is C22H20N2O4. The molecule has 2 aromatic carbocycles. The van der Waals surface area contributed by atoms with Crippen molar-refractivity contribution in [2.24, 2.45) is 0 Å². The minimum atomic E-state index is -0.461. The molecule has 1 amide bonds. The third-order valence-corrected chi connectivity index (χ3v) is 5.57. The van der Waals surface area contributed by atoms with Crippen molar-refractivity contribution in [2.75, 3.05) is 0 Å². The number of nitro benzene ring substituents is 1. The lowest BCUT2D eigenvalue weighted by atomic mass is 9.73. The molecule has 0 radical (unpaired) electrons. The van der Waals surface area contributed by atoms with E-state index in [1.54, 1.807) is 12.1 Å². The molecule has 1 aliphatic carbocycles. The molecule has 1 N–H and O–H groups in total. The zero-order valence-corrected chi connectivity index (χ0v) is 15.5. The van der Waals surface area contributed by atoms with Crippen molar-refractivity contribution < 1.29 is 14.5 Å². The van der Waals surface area contributed by atoms with Gasteiger partial charge in [-0.3, -0.25) is 19.7 Å². The highest BCUT2D eigenvalue weighted by atomic mass is 16.6. The van der Waals surface area contributed by atoms with E-state index in [4.69, 9.17) is 0 Å². The van der Waals surface area contributed by atoms with Crippen molar-refractivity contribution in [3.05, 3.63) is 86.6 Å². The van der Waals surface area contributed by atoms with E-state index in [2.05, 4.69) is 5.32 Å². The highest BCUT2D eigenvalue weighted by Gasteiger charge is 2.38. The minimum Gasteiger partial charge on any atom is -0.329 e. The van der Waals surface area contributed by atoms with Crippen LogP contribution in [0.25, 0.3) is 0 Å². The number of Topliss-reactive ketones (excluding diaryl/α,β-unsaturated/α-hetero) is 1. The maximum absolute atomic E-state index is 13.0. The summed E-state index contributed by atoms with van der Waals surface area (Å²) in [6.45, 7) is 2.02. The lowest BCUT2D eigenvalue weighted by molar-refractivity contribution is -0.384. The summed E-state index contributed by atoms with van der Waals surface area (Å²) in [5.74, 6) is -0.568. The summed E-state index contributed by atoms with van der Waals surface area (Å²) in [6.07, 6.45) is 1.09. The molecule has 4 rings (SSSR count). The van der Waals surface area contributed by atoms with Gasteiger partial charge in [-0.25, -0.2) is 0 Å². The van der Waals surface area contributed by atoms with Gasteiger partial charge in [0.15, 0.2) is 5.78 Å². The van der Waals surface area contributed by atoms with E-state index in [1.807, 2.05) is 31.2 Å². The van der Waals surface area contributed by atoms with Crippen molar-refractivity contribution >= 4 is 17.4 Å². The molecule has 6 heteroatoms. The molecule has 2 atom stereocenters. The van der Waals surface area contributed by atoms with Gasteiger partial charge < -0.3 is 5.32 Å². The lowest BCUT2D eigenvalue weighted by Gasteiger charge is -2.34. The first-order valence-electron chi connectivity index (χ1n) is 9.29. The fourth-order valence-electron chi connectivity index (χ4n) is 4.17. The van der Waals surface area contributed by atoms with Crippen molar-refractivity contribution in [1.29, 1.82) is 0 Å². The Hall–Kier alpha value is -3.28. The second-order valence-corrected chi connectivity index (χ2v) is 7.49. The second-order valence-electron chi connectivity index (χ2n) is 7.49. The summed E-state index contributed by atoms with van der Waals surface area (Å²) in [7, 11) is 0. The summed E-state index contributed by atoms with van der Waals surface area (Å²) in [5, 5.41) is 14.0. The number of rotatable bonds is 3. The predicted molar refractivity (Wildman–Crippen MR) is 104 cm³/mol. The molecule has 0 fully saturated rings. The quantitative estimate of drug-likeness (QED) is 0.650. The third kappa shape index (κ3) is 3.33. The van der Waals surface area contributed by atoms with E-state index in [9.17, 15) is 19.7 Å². The molecule has 0 saturated heterocycles. The Morgan fingerprint density at radius 1 is 1.00 bits per heavy atom. The fraction of sp³-hybridized carbons (Fsp3) is 0.273. The van der Waals surface area contributed by atoms with E-state index in [0.717, 1.165) is 11.1 Å². The van der Waals surface area contributed by atoms with Gasteiger partial charge in [0.05, 0.1) is 4.92 Å². The van der Waals surface area contributed by atoms with Gasteiger partial charge in [0, 0.05) is 42.2 Å². The zero-order valence-electron chi connectivity index (χ0n) is 15.5. The topological polar surface area (TPSA) is 89.3 Å². The number of nitro groups is 1. The maximum Gasteiger partial charge on any atom is 0.269 e. The van der Waals surface area contributed by atoms with Gasteiger partial charge in [0.2, 0.25) is 5.91 Å². The number of non-ortho nitro benzene ring substituents is 1. The average Bonchev–Trinajstić information content (AvgIpc) is 2.67. The van der Waals surface area contributed by atoms with Crippen LogP contribution in [0.1, 0.15) is 47.8 Å². The largest absolute Gasteiger partial charge is 0.329 e. The number of carbonyl (C=O) groups is 2. The van der Waals surface area contributed by atoms with Crippen LogP contribution in [0.15, 0.2) is 59.8 Å². The molecule has 2 unspecified atom stereocenters. The maximum atomic E-state index is 13.0. The zero-order chi connectivity index (χ0) is 19.8. The highest BCUT2D eigenvalue weighted by Crippen LogP contribution is 2.42. The summed E-state index contributed by atoms with van der Waals surface area (Å²) in [4.78, 5) is 36.0. The van der Waals surface area contributed by atoms with Crippen LogP contribution in [0, 0.1) is 17.0 Å². The smallest absolute Gasteiger partial charge is 0.269 e. The predicted octanol–water partition coefficient (Wildman–Crippen LogP) is 3.91. The summed E-state index contributed by atoms with van der Waals surface area (Å²) < 4.78 is 0. The summed E-state index contributed by atoms with van der Waals surface area (Å²) >= 11 is 0. The Balaban J connectivity index is 1.71. The average molecular weight is 376 g/mol. The Morgan fingerprint density at radius 3 is 2.46 bits per heavy atom. The fourth-order valence-corrected chi connectivity index (χ4v) is 4.17. The number of benzene rings is 2. The molecule has 142 valence electrons. The van der Waals surface area contributed by atoms with Crippen molar-refractivity contribution in [3.63, 3.8) is 0 Å². The van der Waals surface area contributed by atoms with E-state index >= 15 is 0 Å². The van der Waals surface area contributed by atoms with E-state index < -0.39 is 10.8 Å². The molecule has 0 aromatic heterocycles. The number of carbonyl (C=O) groups excluding carboxylic acids is 2. The molecule has 0 spiro atoms. The van der Waals surface area contributed by atoms with Crippen LogP contribution in [0.3, 0.4) is 0 Å². The van der Waals surface area contributed by atoms with E-state index in [0.29, 0.717) is 29.7 Å². The van der Waals surface area contributed by atoms with Crippen LogP contribution >= 0.6 is 0 Å². The molecule has 0 saturated carbocycles.